The van der Waals surface area contributed by atoms with Gasteiger partial charge in [0.2, 0.25) is 0 Å². The molecule has 3 aromatic rings. The Kier molecular flexibility index (Phi) is 6.56. The van der Waals surface area contributed by atoms with Crippen molar-refractivity contribution in [3.8, 4) is 0 Å². The number of fused-ring (bicyclic) bond motifs is 1. The molecule has 5 nitrogen and oxygen atoms in total. The molecule has 1 N–H and O–H groups in total. The van der Waals surface area contributed by atoms with Gasteiger partial charge in [0.25, 0.3) is 5.91 Å². The molecule has 1 saturated heterocycles. The minimum absolute atomic E-state index is 0.0232. The number of nitrogens with one attached hydrogen (secondary N) is 1. The molecule has 0 bridgehead atoms. The molecule has 1 atom stereocenters. The second-order valence-electron chi connectivity index (χ2n) is 7.76. The molecular formula is C23H25ClN2O3S. The van der Waals surface area contributed by atoms with Crippen molar-refractivity contribution in [2.45, 2.75) is 38.6 Å². The molecule has 0 spiro atoms. The molecule has 7 heteroatoms. The summed E-state index contributed by atoms with van der Waals surface area (Å²) in [5.41, 5.74) is 0.895. The number of amides is 1. The number of carbonyl (C=O) groups is 1. The largest absolute Gasteiger partial charge is 0.451 e. The number of rotatable bonds is 5. The van der Waals surface area contributed by atoms with Crippen molar-refractivity contribution < 1.29 is 9.21 Å². The van der Waals surface area contributed by atoms with Crippen molar-refractivity contribution in [1.29, 1.82) is 0 Å². The van der Waals surface area contributed by atoms with Crippen molar-refractivity contribution in [2.24, 2.45) is 0 Å². The van der Waals surface area contributed by atoms with E-state index < -0.39 is 0 Å². The lowest BCUT2D eigenvalue weighted by Gasteiger charge is -2.30. The van der Waals surface area contributed by atoms with E-state index in [0.29, 0.717) is 22.5 Å². The molecular weight excluding hydrogens is 420 g/mol. The van der Waals surface area contributed by atoms with E-state index in [9.17, 15) is 9.59 Å². The Morgan fingerprint density at radius 3 is 2.70 bits per heavy atom. The maximum absolute atomic E-state index is 12.8. The van der Waals surface area contributed by atoms with E-state index in [2.05, 4.69) is 21.7 Å². The monoisotopic (exact) mass is 444 g/mol. The number of nitrogens with zero attached hydrogens (tertiary/aromatic N) is 1. The fraction of sp³-hybridized carbons (Fsp3) is 0.391. The van der Waals surface area contributed by atoms with Gasteiger partial charge >= 0.3 is 0 Å². The molecule has 158 valence electrons. The second kappa shape index (κ2) is 9.33. The summed E-state index contributed by atoms with van der Waals surface area (Å²) >= 11 is 7.82. The van der Waals surface area contributed by atoms with Crippen molar-refractivity contribution in [1.82, 2.24) is 10.2 Å². The lowest BCUT2D eigenvalue weighted by Crippen LogP contribution is -2.38. The zero-order chi connectivity index (χ0) is 21.1. The van der Waals surface area contributed by atoms with Crippen LogP contribution in [0, 0.1) is 6.92 Å². The molecule has 1 fully saturated rings. The van der Waals surface area contributed by atoms with Crippen molar-refractivity contribution in [3.05, 3.63) is 67.2 Å². The van der Waals surface area contributed by atoms with Gasteiger partial charge in [0.1, 0.15) is 5.58 Å². The van der Waals surface area contributed by atoms with E-state index in [0.717, 1.165) is 18.7 Å². The van der Waals surface area contributed by atoms with E-state index in [1.807, 2.05) is 13.0 Å². The van der Waals surface area contributed by atoms with E-state index in [-0.39, 0.29) is 23.1 Å². The zero-order valence-electron chi connectivity index (χ0n) is 16.9. The molecule has 1 aliphatic heterocycles. The van der Waals surface area contributed by atoms with Crippen LogP contribution in [0.3, 0.4) is 0 Å². The van der Waals surface area contributed by atoms with Gasteiger partial charge in [-0.1, -0.05) is 30.5 Å². The third kappa shape index (κ3) is 4.61. The minimum atomic E-state index is -0.377. The van der Waals surface area contributed by atoms with Crippen LogP contribution in [0.2, 0.25) is 5.02 Å². The van der Waals surface area contributed by atoms with E-state index in [1.165, 1.54) is 36.6 Å². The van der Waals surface area contributed by atoms with Gasteiger partial charge in [-0.2, -0.15) is 0 Å². The van der Waals surface area contributed by atoms with E-state index in [1.54, 1.807) is 23.5 Å². The average molecular weight is 445 g/mol. The molecule has 2 aromatic heterocycles. The molecule has 1 aromatic carbocycles. The summed E-state index contributed by atoms with van der Waals surface area (Å²) in [7, 11) is 0. The Morgan fingerprint density at radius 2 is 2.00 bits per heavy atom. The Morgan fingerprint density at radius 1 is 1.23 bits per heavy atom. The van der Waals surface area contributed by atoms with Gasteiger partial charge in [-0.25, -0.2) is 0 Å². The highest BCUT2D eigenvalue weighted by molar-refractivity contribution is 7.10. The molecule has 30 heavy (non-hydrogen) atoms. The summed E-state index contributed by atoms with van der Waals surface area (Å²) in [5, 5.41) is 5.94. The van der Waals surface area contributed by atoms with Gasteiger partial charge in [0.05, 0.1) is 11.4 Å². The van der Waals surface area contributed by atoms with Crippen LogP contribution < -0.4 is 10.7 Å². The standard InChI is InChI=1S/C23H25ClN2O3S/c1-15-11-20-16(12-17(15)24)19(27)13-21(29-20)23(28)25-14-18(22-7-6-10-30-22)26-8-4-2-3-5-9-26/h6-7,10-13,18H,2-5,8-9,14H2,1H3,(H,25,28)/t18-/m0/s1. The van der Waals surface area contributed by atoms with Crippen LogP contribution >= 0.6 is 22.9 Å². The van der Waals surface area contributed by atoms with Crippen LogP contribution in [-0.2, 0) is 0 Å². The highest BCUT2D eigenvalue weighted by atomic mass is 35.5. The molecule has 1 aliphatic rings. The fourth-order valence-electron chi connectivity index (χ4n) is 3.96. The SMILES string of the molecule is Cc1cc2oc(C(=O)NC[C@@H](c3cccs3)N3CCCCCC3)cc(=O)c2cc1Cl. The molecule has 0 radical (unpaired) electrons. The van der Waals surface area contributed by atoms with Gasteiger partial charge in [0, 0.05) is 22.5 Å². The lowest BCUT2D eigenvalue weighted by molar-refractivity contribution is 0.0907. The van der Waals surface area contributed by atoms with Crippen molar-refractivity contribution in [3.63, 3.8) is 0 Å². The number of thiophene rings is 1. The quantitative estimate of drug-likeness (QED) is 0.590. The predicted octanol–water partition coefficient (Wildman–Crippen LogP) is 5.16. The van der Waals surface area contributed by atoms with Gasteiger partial charge in [-0.15, -0.1) is 11.3 Å². The molecule has 4 rings (SSSR count). The summed E-state index contributed by atoms with van der Waals surface area (Å²) in [4.78, 5) is 29.0. The van der Waals surface area contributed by atoms with E-state index in [4.69, 9.17) is 16.0 Å². The van der Waals surface area contributed by atoms with Crippen LogP contribution in [0.15, 0.2) is 44.9 Å². The first-order valence-electron chi connectivity index (χ1n) is 10.3. The number of halogens is 1. The Bertz CT molecular complexity index is 1090. The first-order chi connectivity index (χ1) is 14.5. The highest BCUT2D eigenvalue weighted by Gasteiger charge is 2.24. The number of aryl methyl sites for hydroxylation is 1. The van der Waals surface area contributed by atoms with Crippen molar-refractivity contribution in [2.75, 3.05) is 19.6 Å². The van der Waals surface area contributed by atoms with Crippen molar-refractivity contribution >= 4 is 39.8 Å². The van der Waals surface area contributed by atoms with Gasteiger partial charge in [-0.05, 0) is 62.0 Å². The van der Waals surface area contributed by atoms with Gasteiger partial charge in [-0.3, -0.25) is 14.5 Å². The first-order valence-corrected chi connectivity index (χ1v) is 11.6. The number of hydrogen-bond donors (Lipinski definition) is 1. The highest BCUT2D eigenvalue weighted by Crippen LogP contribution is 2.27. The normalized spacial score (nSPS) is 16.3. The number of carbonyl (C=O) groups excluding carboxylic acids is 1. The topological polar surface area (TPSA) is 62.6 Å². The number of benzene rings is 1. The molecule has 0 aliphatic carbocycles. The second-order valence-corrected chi connectivity index (χ2v) is 9.15. The third-order valence-electron chi connectivity index (χ3n) is 5.64. The summed E-state index contributed by atoms with van der Waals surface area (Å²) in [6, 6.07) is 8.82. The Hall–Kier alpha value is -2.15. The van der Waals surface area contributed by atoms with Crippen LogP contribution in [-0.4, -0.2) is 30.4 Å². The summed E-state index contributed by atoms with van der Waals surface area (Å²) in [5.74, 6) is -0.354. The molecule has 3 heterocycles. The number of likely N-dealkylation sites (tertiary alicyclic amines) is 1. The Balaban J connectivity index is 1.54. The first kappa shape index (κ1) is 21.1. The van der Waals surface area contributed by atoms with Gasteiger partial charge in [0.15, 0.2) is 11.2 Å². The molecule has 0 unspecified atom stereocenters. The summed E-state index contributed by atoms with van der Waals surface area (Å²) in [6.07, 6.45) is 4.87. The molecule has 1 amide bonds. The zero-order valence-corrected chi connectivity index (χ0v) is 18.5. The van der Waals surface area contributed by atoms with Crippen LogP contribution in [0.1, 0.15) is 52.7 Å². The minimum Gasteiger partial charge on any atom is -0.451 e. The van der Waals surface area contributed by atoms with Crippen LogP contribution in [0.5, 0.6) is 0 Å². The smallest absolute Gasteiger partial charge is 0.287 e. The summed E-state index contributed by atoms with van der Waals surface area (Å²) < 4.78 is 5.75. The van der Waals surface area contributed by atoms with Crippen LogP contribution in [0.4, 0.5) is 0 Å². The predicted molar refractivity (Wildman–Crippen MR) is 122 cm³/mol. The Labute approximate surface area is 184 Å². The average Bonchev–Trinajstić information content (AvgIpc) is 3.12. The third-order valence-corrected chi connectivity index (χ3v) is 7.02. The number of hydrogen-bond acceptors (Lipinski definition) is 5. The lowest BCUT2D eigenvalue weighted by atomic mass is 10.1. The fourth-order valence-corrected chi connectivity index (χ4v) is 4.99. The summed E-state index contributed by atoms with van der Waals surface area (Å²) in [6.45, 7) is 4.37. The maximum Gasteiger partial charge on any atom is 0.287 e. The molecule has 0 saturated carbocycles. The maximum atomic E-state index is 12.8. The van der Waals surface area contributed by atoms with E-state index >= 15 is 0 Å². The van der Waals surface area contributed by atoms with Crippen LogP contribution in [0.25, 0.3) is 11.0 Å². The van der Waals surface area contributed by atoms with Gasteiger partial charge < -0.3 is 9.73 Å².